The van der Waals surface area contributed by atoms with E-state index in [1.54, 1.807) is 24.1 Å². The van der Waals surface area contributed by atoms with Crippen LogP contribution in [0.1, 0.15) is 24.8 Å². The van der Waals surface area contributed by atoms with Crippen molar-refractivity contribution in [2.24, 2.45) is 5.73 Å². The third-order valence-electron chi connectivity index (χ3n) is 3.33. The summed E-state index contributed by atoms with van der Waals surface area (Å²) >= 11 is 0. The normalized spacial score (nSPS) is 17.4. The average Bonchev–Trinajstić information content (AvgIpc) is 2.25. The summed E-state index contributed by atoms with van der Waals surface area (Å²) in [5.41, 5.74) is 6.07. The van der Waals surface area contributed by atoms with Gasteiger partial charge in [0.15, 0.2) is 0 Å². The van der Waals surface area contributed by atoms with Gasteiger partial charge in [-0.05, 0) is 37.0 Å². The first-order valence-corrected chi connectivity index (χ1v) is 5.80. The number of rotatable bonds is 3. The topological polar surface area (TPSA) is 46.3 Å². The minimum Gasteiger partial charge on any atom is -0.340 e. The molecule has 92 valence electrons. The van der Waals surface area contributed by atoms with Gasteiger partial charge in [0.2, 0.25) is 5.91 Å². The number of nitrogens with two attached hydrogens (primary N) is 1. The number of carbonyl (C=O) groups is 1. The largest absolute Gasteiger partial charge is 0.340 e. The fraction of sp³-hybridized carbons (Fsp3) is 0.462. The molecule has 0 aromatic heterocycles. The maximum Gasteiger partial charge on any atom is 0.242 e. The number of halogens is 1. The van der Waals surface area contributed by atoms with Crippen LogP contribution in [0.2, 0.25) is 0 Å². The molecule has 0 radical (unpaired) electrons. The third-order valence-corrected chi connectivity index (χ3v) is 3.33. The van der Waals surface area contributed by atoms with E-state index in [0.29, 0.717) is 6.54 Å². The molecule has 1 saturated carbocycles. The molecule has 1 aromatic rings. The van der Waals surface area contributed by atoms with E-state index in [-0.39, 0.29) is 11.7 Å². The van der Waals surface area contributed by atoms with E-state index < -0.39 is 5.54 Å². The van der Waals surface area contributed by atoms with Gasteiger partial charge in [0.25, 0.3) is 0 Å². The van der Waals surface area contributed by atoms with Gasteiger partial charge >= 0.3 is 0 Å². The highest BCUT2D eigenvalue weighted by molar-refractivity contribution is 5.86. The summed E-state index contributed by atoms with van der Waals surface area (Å²) in [4.78, 5) is 13.6. The lowest BCUT2D eigenvalue weighted by molar-refractivity contribution is -0.139. The van der Waals surface area contributed by atoms with E-state index in [4.69, 9.17) is 5.73 Å². The summed E-state index contributed by atoms with van der Waals surface area (Å²) < 4.78 is 13.0. The molecular weight excluding hydrogens is 219 g/mol. The first kappa shape index (κ1) is 12.0. The molecule has 1 amide bonds. The van der Waals surface area contributed by atoms with Crippen molar-refractivity contribution in [2.45, 2.75) is 31.3 Å². The number of nitrogens with zero attached hydrogens (tertiary/aromatic N) is 1. The molecule has 0 aliphatic heterocycles. The molecular formula is C13H17FN2O. The maximum absolute atomic E-state index is 13.0. The average molecular weight is 236 g/mol. The summed E-state index contributed by atoms with van der Waals surface area (Å²) in [6, 6.07) is 6.27. The zero-order valence-corrected chi connectivity index (χ0v) is 9.95. The first-order valence-electron chi connectivity index (χ1n) is 5.80. The lowest BCUT2D eigenvalue weighted by Crippen LogP contribution is -2.58. The Morgan fingerprint density at radius 2 is 2.24 bits per heavy atom. The number of carbonyl (C=O) groups excluding carboxylic acids is 1. The molecule has 4 heteroatoms. The molecule has 0 unspecified atom stereocenters. The highest BCUT2D eigenvalue weighted by atomic mass is 19.1. The summed E-state index contributed by atoms with van der Waals surface area (Å²) in [6.45, 7) is 0.398. The van der Waals surface area contributed by atoms with Gasteiger partial charge in [0.05, 0.1) is 5.54 Å². The van der Waals surface area contributed by atoms with Gasteiger partial charge in [-0.3, -0.25) is 4.79 Å². The number of likely N-dealkylation sites (N-methyl/N-ethyl adjacent to an activating group) is 1. The van der Waals surface area contributed by atoms with Gasteiger partial charge in [-0.2, -0.15) is 0 Å². The third kappa shape index (κ3) is 2.47. The van der Waals surface area contributed by atoms with Crippen LogP contribution in [0.25, 0.3) is 0 Å². The second-order valence-corrected chi connectivity index (χ2v) is 4.80. The summed E-state index contributed by atoms with van der Waals surface area (Å²) in [5.74, 6) is -0.331. The van der Waals surface area contributed by atoms with E-state index >= 15 is 0 Å². The van der Waals surface area contributed by atoms with Crippen molar-refractivity contribution in [3.8, 4) is 0 Å². The van der Waals surface area contributed by atoms with Crippen molar-refractivity contribution in [3.63, 3.8) is 0 Å². The van der Waals surface area contributed by atoms with Crippen LogP contribution in [-0.4, -0.2) is 23.4 Å². The Kier molecular flexibility index (Phi) is 3.15. The molecule has 3 nitrogen and oxygen atoms in total. The predicted molar refractivity (Wildman–Crippen MR) is 63.6 cm³/mol. The van der Waals surface area contributed by atoms with E-state index in [0.717, 1.165) is 24.8 Å². The van der Waals surface area contributed by atoms with Crippen LogP contribution in [0, 0.1) is 5.82 Å². The van der Waals surface area contributed by atoms with Gasteiger partial charge in [-0.25, -0.2) is 4.39 Å². The molecule has 2 N–H and O–H groups in total. The Labute approximate surface area is 100 Å². The van der Waals surface area contributed by atoms with Crippen molar-refractivity contribution in [2.75, 3.05) is 7.05 Å². The van der Waals surface area contributed by atoms with Crippen molar-refractivity contribution in [1.29, 1.82) is 0 Å². The highest BCUT2D eigenvalue weighted by Gasteiger charge is 2.41. The maximum atomic E-state index is 13.0. The monoisotopic (exact) mass is 236 g/mol. The minimum atomic E-state index is -0.678. The zero-order chi connectivity index (χ0) is 12.5. The summed E-state index contributed by atoms with van der Waals surface area (Å²) in [6.07, 6.45) is 2.51. The Balaban J connectivity index is 2.01. The molecule has 0 atom stereocenters. The Morgan fingerprint density at radius 1 is 1.53 bits per heavy atom. The smallest absolute Gasteiger partial charge is 0.242 e. The Morgan fingerprint density at radius 3 is 2.76 bits per heavy atom. The SMILES string of the molecule is CN(Cc1cccc(F)c1)C(=O)C1(N)CCC1. The van der Waals surface area contributed by atoms with Gasteiger partial charge in [0.1, 0.15) is 5.82 Å². The highest BCUT2D eigenvalue weighted by Crippen LogP contribution is 2.30. The Bertz CT molecular complexity index is 429. The second-order valence-electron chi connectivity index (χ2n) is 4.80. The Hall–Kier alpha value is -1.42. The lowest BCUT2D eigenvalue weighted by atomic mass is 9.76. The van der Waals surface area contributed by atoms with Crippen molar-refractivity contribution < 1.29 is 9.18 Å². The van der Waals surface area contributed by atoms with Gasteiger partial charge in [-0.1, -0.05) is 12.1 Å². The molecule has 0 heterocycles. The zero-order valence-electron chi connectivity index (χ0n) is 9.95. The van der Waals surface area contributed by atoms with Crippen LogP contribution < -0.4 is 5.73 Å². The number of benzene rings is 1. The molecule has 1 aliphatic carbocycles. The quantitative estimate of drug-likeness (QED) is 0.867. The van der Waals surface area contributed by atoms with Crippen LogP contribution in [0.5, 0.6) is 0 Å². The second kappa shape index (κ2) is 4.45. The number of amides is 1. The van der Waals surface area contributed by atoms with E-state index in [2.05, 4.69) is 0 Å². The standard InChI is InChI=1S/C13H17FN2O/c1-16(12(17)13(15)6-3-7-13)9-10-4-2-5-11(14)8-10/h2,4-5,8H,3,6-7,9,15H2,1H3. The van der Waals surface area contributed by atoms with E-state index in [1.807, 2.05) is 0 Å². The fourth-order valence-electron chi connectivity index (χ4n) is 2.13. The summed E-state index contributed by atoms with van der Waals surface area (Å²) in [5, 5.41) is 0. The van der Waals surface area contributed by atoms with Crippen LogP contribution >= 0.6 is 0 Å². The van der Waals surface area contributed by atoms with Crippen LogP contribution in [-0.2, 0) is 11.3 Å². The van der Waals surface area contributed by atoms with E-state index in [1.165, 1.54) is 12.1 Å². The molecule has 1 fully saturated rings. The lowest BCUT2D eigenvalue weighted by Gasteiger charge is -2.39. The molecule has 0 saturated heterocycles. The van der Waals surface area contributed by atoms with Gasteiger partial charge in [0, 0.05) is 13.6 Å². The number of hydrogen-bond acceptors (Lipinski definition) is 2. The van der Waals surface area contributed by atoms with Crippen molar-refractivity contribution in [3.05, 3.63) is 35.6 Å². The summed E-state index contributed by atoms with van der Waals surface area (Å²) in [7, 11) is 1.71. The predicted octanol–water partition coefficient (Wildman–Crippen LogP) is 1.67. The molecule has 1 aliphatic rings. The molecule has 2 rings (SSSR count). The van der Waals surface area contributed by atoms with Crippen molar-refractivity contribution in [1.82, 2.24) is 4.90 Å². The molecule has 17 heavy (non-hydrogen) atoms. The van der Waals surface area contributed by atoms with Crippen LogP contribution in [0.3, 0.4) is 0 Å². The minimum absolute atomic E-state index is 0.0481. The molecule has 0 bridgehead atoms. The van der Waals surface area contributed by atoms with Gasteiger partial charge in [-0.15, -0.1) is 0 Å². The van der Waals surface area contributed by atoms with Gasteiger partial charge < -0.3 is 10.6 Å². The molecule has 1 aromatic carbocycles. The van der Waals surface area contributed by atoms with Crippen LogP contribution in [0.4, 0.5) is 4.39 Å². The van der Waals surface area contributed by atoms with Crippen molar-refractivity contribution >= 4 is 5.91 Å². The fourth-order valence-corrected chi connectivity index (χ4v) is 2.13. The molecule has 0 spiro atoms. The van der Waals surface area contributed by atoms with E-state index in [9.17, 15) is 9.18 Å². The van der Waals surface area contributed by atoms with Crippen LogP contribution in [0.15, 0.2) is 24.3 Å². The number of hydrogen-bond donors (Lipinski definition) is 1. The first-order chi connectivity index (χ1) is 8.01.